The zero-order chi connectivity index (χ0) is 17.5. The summed E-state index contributed by atoms with van der Waals surface area (Å²) in [6, 6.07) is 0. The van der Waals surface area contributed by atoms with Gasteiger partial charge in [-0.3, -0.25) is 0 Å². The van der Waals surface area contributed by atoms with Crippen molar-refractivity contribution in [2.75, 3.05) is 0 Å². The minimum absolute atomic E-state index is 0.00806. The topological polar surface area (TPSA) is 20.2 Å². The van der Waals surface area contributed by atoms with Crippen molar-refractivity contribution in [1.29, 1.82) is 0 Å². The molecule has 1 aliphatic rings. The summed E-state index contributed by atoms with van der Waals surface area (Å²) in [5, 5.41) is 1.91. The van der Waals surface area contributed by atoms with Crippen LogP contribution in [-0.4, -0.2) is 26.0 Å². The van der Waals surface area contributed by atoms with E-state index in [9.17, 15) is 4.89 Å². The van der Waals surface area contributed by atoms with E-state index in [1.54, 1.807) is 0 Å². The molecule has 1 rings (SSSR count). The molecule has 0 bridgehead atoms. The predicted octanol–water partition coefficient (Wildman–Crippen LogP) is 6.59. The number of hydrogen-bond donors (Lipinski definition) is 1. The molecule has 0 spiro atoms. The molecule has 0 heterocycles. The first-order valence-electron chi connectivity index (χ1n) is 8.43. The summed E-state index contributed by atoms with van der Waals surface area (Å²) in [5.41, 5.74) is 2.08. The largest absolute Gasteiger partial charge is 0.248 e. The van der Waals surface area contributed by atoms with Crippen LogP contribution in [0.2, 0.25) is 0 Å². The predicted molar refractivity (Wildman–Crippen MR) is 107 cm³/mol. The van der Waals surface area contributed by atoms with Gasteiger partial charge in [-0.15, -0.1) is 0 Å². The second-order valence-electron chi connectivity index (χ2n) is 9.53. The van der Waals surface area contributed by atoms with Gasteiger partial charge in [0.2, 0.25) is 0 Å². The zero-order valence-corrected chi connectivity index (χ0v) is 18.2. The smallest absolute Gasteiger partial charge is 0.166 e. The van der Waals surface area contributed by atoms with Crippen molar-refractivity contribution in [1.82, 2.24) is 0 Å². The fraction of sp³-hybridized carbons (Fsp3) is 0.789. The molecule has 0 aromatic heterocycles. The van der Waals surface area contributed by atoms with Crippen molar-refractivity contribution in [3.8, 4) is 0 Å². The highest BCUT2D eigenvalue weighted by molar-refractivity contribution is 7.62. The molecule has 0 saturated heterocycles. The van der Waals surface area contributed by atoms with E-state index in [1.165, 1.54) is 10.9 Å². The van der Waals surface area contributed by atoms with Crippen molar-refractivity contribution in [3.05, 3.63) is 23.0 Å². The fourth-order valence-electron chi connectivity index (χ4n) is 3.88. The van der Waals surface area contributed by atoms with Gasteiger partial charge in [0.15, 0.2) is 8.15 Å². The first-order chi connectivity index (χ1) is 9.67. The molecule has 0 amide bonds. The highest BCUT2D eigenvalue weighted by Gasteiger charge is 2.43. The zero-order valence-electron chi connectivity index (χ0n) is 16.3. The standard InChI is InChI=1S/C19H36OP2/c1-14(21(17(2,3)4)18(5,6)7)15-12-11-13-16(15)22(20)19(8,9)10/h11,13-14,20H,12H2,1-10H3/p+1/t14-,22?/m1/s1. The first-order valence-corrected chi connectivity index (χ1v) is 11.3. The van der Waals surface area contributed by atoms with Gasteiger partial charge in [-0.2, -0.15) is 0 Å². The van der Waals surface area contributed by atoms with Crippen LogP contribution in [0.25, 0.3) is 0 Å². The van der Waals surface area contributed by atoms with Crippen LogP contribution in [0.15, 0.2) is 23.0 Å². The van der Waals surface area contributed by atoms with Crippen molar-refractivity contribution < 1.29 is 4.89 Å². The van der Waals surface area contributed by atoms with Gasteiger partial charge in [-0.25, -0.2) is 4.89 Å². The SMILES string of the molecule is C[C@H](C1=C([PH+](O)C(C)(C)C)C=CC1)P(C(C)(C)C)C(C)(C)C. The van der Waals surface area contributed by atoms with Crippen LogP contribution >= 0.6 is 16.1 Å². The monoisotopic (exact) mass is 343 g/mol. The van der Waals surface area contributed by atoms with Crippen LogP contribution in [0.4, 0.5) is 0 Å². The Hall–Kier alpha value is 0.300. The van der Waals surface area contributed by atoms with Crippen molar-refractivity contribution in [3.63, 3.8) is 0 Å². The number of allylic oxidation sites excluding steroid dienone is 4. The summed E-state index contributed by atoms with van der Waals surface area (Å²) in [6.07, 6.45) is 5.50. The van der Waals surface area contributed by atoms with Crippen molar-refractivity contribution in [2.45, 2.75) is 96.8 Å². The van der Waals surface area contributed by atoms with Crippen LogP contribution in [0.3, 0.4) is 0 Å². The fourth-order valence-corrected chi connectivity index (χ4v) is 10.6. The van der Waals surface area contributed by atoms with Crippen LogP contribution in [0.5, 0.6) is 0 Å². The lowest BCUT2D eigenvalue weighted by atomic mass is 10.2. The van der Waals surface area contributed by atoms with Gasteiger partial charge in [0.1, 0.15) is 10.5 Å². The highest BCUT2D eigenvalue weighted by Crippen LogP contribution is 2.66. The Morgan fingerprint density at radius 1 is 1.00 bits per heavy atom. The summed E-state index contributed by atoms with van der Waals surface area (Å²) in [7, 11) is -1.69. The molecule has 0 saturated carbocycles. The molecule has 0 aromatic rings. The third-order valence-corrected chi connectivity index (χ3v) is 10.7. The maximum Gasteiger partial charge on any atom is 0.166 e. The average molecular weight is 343 g/mol. The Bertz CT molecular complexity index is 441. The summed E-state index contributed by atoms with van der Waals surface area (Å²) < 4.78 is 0. The van der Waals surface area contributed by atoms with Crippen LogP contribution in [0, 0.1) is 0 Å². The Morgan fingerprint density at radius 3 is 1.82 bits per heavy atom. The molecule has 1 nitrogen and oxygen atoms in total. The van der Waals surface area contributed by atoms with Gasteiger partial charge in [0, 0.05) is 5.66 Å². The Balaban J connectivity index is 3.27. The van der Waals surface area contributed by atoms with E-state index in [2.05, 4.69) is 81.4 Å². The molecule has 0 aromatic carbocycles. The molecule has 1 aliphatic carbocycles. The maximum atomic E-state index is 10.9. The van der Waals surface area contributed by atoms with Gasteiger partial charge < -0.3 is 0 Å². The molecule has 22 heavy (non-hydrogen) atoms. The number of hydrogen-bond acceptors (Lipinski definition) is 1. The molecular weight excluding hydrogens is 306 g/mol. The molecular formula is C19H37OP2+. The molecule has 0 fully saturated rings. The van der Waals surface area contributed by atoms with Gasteiger partial charge >= 0.3 is 0 Å². The van der Waals surface area contributed by atoms with Gasteiger partial charge in [-0.05, 0) is 49.2 Å². The first kappa shape index (κ1) is 20.3. The third kappa shape index (κ3) is 4.66. The van der Waals surface area contributed by atoms with Crippen molar-refractivity contribution in [2.24, 2.45) is 0 Å². The Morgan fingerprint density at radius 2 is 1.45 bits per heavy atom. The average Bonchev–Trinajstić information content (AvgIpc) is 2.70. The summed E-state index contributed by atoms with van der Waals surface area (Å²) >= 11 is 0. The minimum atomic E-state index is -1.50. The molecule has 1 N–H and O–H groups in total. The van der Waals surface area contributed by atoms with E-state index in [-0.39, 0.29) is 13.1 Å². The second-order valence-corrected chi connectivity index (χ2v) is 16.5. The molecule has 0 aliphatic heterocycles. The highest BCUT2D eigenvalue weighted by atomic mass is 31.1. The van der Waals surface area contributed by atoms with E-state index in [1.807, 2.05) is 0 Å². The van der Waals surface area contributed by atoms with Crippen LogP contribution in [0.1, 0.15) is 75.7 Å². The second kappa shape index (κ2) is 6.66. The van der Waals surface area contributed by atoms with E-state index in [0.717, 1.165) is 6.42 Å². The number of rotatable bonds is 3. The molecule has 3 heteroatoms. The normalized spacial score (nSPS) is 20.0. The van der Waals surface area contributed by atoms with E-state index < -0.39 is 8.15 Å². The van der Waals surface area contributed by atoms with Gasteiger partial charge in [-0.1, -0.05) is 62.5 Å². The summed E-state index contributed by atoms with van der Waals surface area (Å²) in [4.78, 5) is 10.9. The van der Waals surface area contributed by atoms with E-state index >= 15 is 0 Å². The maximum absolute atomic E-state index is 10.9. The minimum Gasteiger partial charge on any atom is -0.248 e. The molecule has 0 radical (unpaired) electrons. The van der Waals surface area contributed by atoms with E-state index in [4.69, 9.17) is 0 Å². The quantitative estimate of drug-likeness (QED) is 0.573. The Labute approximate surface area is 141 Å². The van der Waals surface area contributed by atoms with Gasteiger partial charge in [0.05, 0.1) is 0 Å². The molecule has 2 atom stereocenters. The van der Waals surface area contributed by atoms with Crippen LogP contribution in [-0.2, 0) is 0 Å². The van der Waals surface area contributed by atoms with E-state index in [0.29, 0.717) is 16.0 Å². The summed E-state index contributed by atoms with van der Waals surface area (Å²) in [5.74, 6) is 0. The molecule has 128 valence electrons. The molecule has 1 unspecified atom stereocenters. The summed E-state index contributed by atoms with van der Waals surface area (Å²) in [6.45, 7) is 23.2. The lowest BCUT2D eigenvalue weighted by Crippen LogP contribution is -2.31. The Kier molecular flexibility index (Phi) is 6.16. The third-order valence-electron chi connectivity index (χ3n) is 4.27. The van der Waals surface area contributed by atoms with Gasteiger partial charge in [0.25, 0.3) is 0 Å². The lowest BCUT2D eigenvalue weighted by Gasteiger charge is -2.46. The van der Waals surface area contributed by atoms with Crippen molar-refractivity contribution >= 4 is 16.1 Å². The van der Waals surface area contributed by atoms with Crippen LogP contribution < -0.4 is 0 Å². The lowest BCUT2D eigenvalue weighted by molar-refractivity contribution is 0.585.